The van der Waals surface area contributed by atoms with Gasteiger partial charge in [-0.2, -0.15) is 13.2 Å². The van der Waals surface area contributed by atoms with Crippen molar-refractivity contribution in [3.63, 3.8) is 0 Å². The molecule has 0 aliphatic carbocycles. The van der Waals surface area contributed by atoms with Gasteiger partial charge in [0, 0.05) is 16.0 Å². The number of anilines is 1. The van der Waals surface area contributed by atoms with Crippen LogP contribution in [0.2, 0.25) is 0 Å². The van der Waals surface area contributed by atoms with Gasteiger partial charge in [-0.15, -0.1) is 11.3 Å². The van der Waals surface area contributed by atoms with Crippen molar-refractivity contribution >= 4 is 34.2 Å². The third-order valence-corrected chi connectivity index (χ3v) is 6.65. The average molecular weight is 535 g/mol. The number of esters is 2. The molecule has 1 aromatic heterocycles. The summed E-state index contributed by atoms with van der Waals surface area (Å²) in [7, 11) is 0.771. The number of rotatable bonds is 9. The summed E-state index contributed by atoms with van der Waals surface area (Å²) < 4.78 is 53.7. The number of nitrogens with one attached hydrogen (secondary N) is 2. The highest BCUT2D eigenvalue weighted by molar-refractivity contribution is 7.17. The zero-order valence-corrected chi connectivity index (χ0v) is 21.1. The molecule has 0 aliphatic rings. The molecule has 0 bridgehead atoms. The molecule has 0 unspecified atom stereocenters. The van der Waals surface area contributed by atoms with Crippen LogP contribution >= 0.6 is 11.3 Å². The van der Waals surface area contributed by atoms with Crippen molar-refractivity contribution in [2.24, 2.45) is 0 Å². The molecule has 7 nitrogen and oxygen atoms in total. The van der Waals surface area contributed by atoms with E-state index in [4.69, 9.17) is 4.74 Å². The van der Waals surface area contributed by atoms with E-state index in [1.807, 2.05) is 0 Å². The number of methoxy groups -OCH3 is 1. The lowest BCUT2D eigenvalue weighted by Gasteiger charge is -2.34. The number of halogens is 3. The highest BCUT2D eigenvalue weighted by Gasteiger charge is 2.64. The maximum Gasteiger partial charge on any atom is 0.441 e. The fourth-order valence-corrected chi connectivity index (χ4v) is 4.87. The highest BCUT2D eigenvalue weighted by atomic mass is 32.1. The molecule has 0 saturated carbocycles. The molecule has 3 rings (SSSR count). The normalized spacial score (nSPS) is 12.8. The van der Waals surface area contributed by atoms with Gasteiger partial charge in [-0.25, -0.2) is 9.59 Å². The molecule has 2 aromatic carbocycles. The Morgan fingerprint density at radius 1 is 0.946 bits per heavy atom. The van der Waals surface area contributed by atoms with Crippen LogP contribution < -0.4 is 10.6 Å². The monoisotopic (exact) mass is 534 g/mol. The van der Waals surface area contributed by atoms with Crippen molar-refractivity contribution in [2.75, 3.05) is 19.0 Å². The second-order valence-electron chi connectivity index (χ2n) is 7.73. The average Bonchev–Trinajstić information content (AvgIpc) is 3.26. The van der Waals surface area contributed by atoms with Crippen molar-refractivity contribution in [1.29, 1.82) is 0 Å². The number of hydrogen-bond acceptors (Lipinski definition) is 7. The zero-order valence-electron chi connectivity index (χ0n) is 20.3. The minimum Gasteiger partial charge on any atom is -0.466 e. The summed E-state index contributed by atoms with van der Waals surface area (Å²) >= 11 is 0.858. The van der Waals surface area contributed by atoms with Crippen LogP contribution in [0.15, 0.2) is 60.7 Å². The fraction of sp³-hybridized carbons (Fsp3) is 0.269. The van der Waals surface area contributed by atoms with Gasteiger partial charge in [0.2, 0.25) is 0 Å². The maximum absolute atomic E-state index is 14.7. The molecule has 0 fully saturated rings. The molecule has 1 amide bonds. The van der Waals surface area contributed by atoms with Crippen LogP contribution in [0.25, 0.3) is 11.1 Å². The van der Waals surface area contributed by atoms with Crippen LogP contribution in [0.3, 0.4) is 0 Å². The Kier molecular flexibility index (Phi) is 8.59. The minimum atomic E-state index is -5.38. The molecule has 2 N–H and O–H groups in total. The van der Waals surface area contributed by atoms with E-state index in [-0.39, 0.29) is 22.7 Å². The molecule has 196 valence electrons. The van der Waals surface area contributed by atoms with E-state index >= 15 is 0 Å². The lowest BCUT2D eigenvalue weighted by atomic mass is 9.99. The van der Waals surface area contributed by atoms with Crippen LogP contribution in [-0.4, -0.2) is 43.4 Å². The van der Waals surface area contributed by atoms with Crippen LogP contribution in [0, 0.1) is 0 Å². The number of hydrogen-bond donors (Lipinski definition) is 2. The fourth-order valence-electron chi connectivity index (χ4n) is 3.67. The Balaban J connectivity index is 2.24. The summed E-state index contributed by atoms with van der Waals surface area (Å²) in [5.41, 5.74) is -3.04. The molecule has 37 heavy (non-hydrogen) atoms. The number of carbonyl (C=O) groups is 3. The van der Waals surface area contributed by atoms with E-state index in [0.717, 1.165) is 18.4 Å². The first-order valence-electron chi connectivity index (χ1n) is 11.3. The predicted molar refractivity (Wildman–Crippen MR) is 133 cm³/mol. The highest BCUT2D eigenvalue weighted by Crippen LogP contribution is 2.44. The van der Waals surface area contributed by atoms with Gasteiger partial charge >= 0.3 is 23.8 Å². The van der Waals surface area contributed by atoms with Crippen molar-refractivity contribution in [2.45, 2.75) is 32.1 Å². The van der Waals surface area contributed by atoms with E-state index in [1.54, 1.807) is 55.6 Å². The quantitative estimate of drug-likeness (QED) is 0.281. The second-order valence-corrected chi connectivity index (χ2v) is 8.83. The summed E-state index contributed by atoms with van der Waals surface area (Å²) in [6.45, 7) is 3.32. The van der Waals surface area contributed by atoms with Gasteiger partial charge in [-0.3, -0.25) is 4.79 Å². The third kappa shape index (κ3) is 5.61. The smallest absolute Gasteiger partial charge is 0.441 e. The van der Waals surface area contributed by atoms with E-state index < -0.39 is 29.7 Å². The first kappa shape index (κ1) is 27.7. The van der Waals surface area contributed by atoms with Crippen molar-refractivity contribution in [3.8, 4) is 11.1 Å². The first-order chi connectivity index (χ1) is 17.6. The lowest BCUT2D eigenvalue weighted by Crippen LogP contribution is -2.69. The van der Waals surface area contributed by atoms with Crippen LogP contribution in [-0.2, 0) is 20.7 Å². The molecule has 0 spiro atoms. The summed E-state index contributed by atoms with van der Waals surface area (Å²) in [6.07, 6.45) is -5.00. The number of aryl methyl sites for hydroxylation is 1. The molecule has 3 aromatic rings. The number of ether oxygens (including phenoxy) is 2. The molecule has 1 atom stereocenters. The van der Waals surface area contributed by atoms with Crippen molar-refractivity contribution < 1.29 is 37.0 Å². The molecule has 0 aliphatic heterocycles. The Morgan fingerprint density at radius 2 is 1.54 bits per heavy atom. The molecule has 0 saturated heterocycles. The van der Waals surface area contributed by atoms with Gasteiger partial charge in [-0.1, -0.05) is 55.5 Å². The van der Waals surface area contributed by atoms with Gasteiger partial charge < -0.3 is 20.1 Å². The van der Waals surface area contributed by atoms with E-state index in [1.165, 1.54) is 24.3 Å². The molecule has 11 heteroatoms. The van der Waals surface area contributed by atoms with Gasteiger partial charge in [0.05, 0.1) is 13.7 Å². The first-order valence-corrected chi connectivity index (χ1v) is 12.1. The number of carbonyl (C=O) groups excluding carboxylic acids is 3. The zero-order chi connectivity index (χ0) is 27.2. The topological polar surface area (TPSA) is 93.7 Å². The Labute approximate surface area is 215 Å². The molecule has 0 radical (unpaired) electrons. The predicted octanol–water partition coefficient (Wildman–Crippen LogP) is 5.43. The second kappa shape index (κ2) is 11.5. The van der Waals surface area contributed by atoms with Gasteiger partial charge in [0.25, 0.3) is 5.91 Å². The summed E-state index contributed by atoms with van der Waals surface area (Å²) in [5, 5.41) is 3.62. The molecular weight excluding hydrogens is 509 g/mol. The maximum atomic E-state index is 14.7. The van der Waals surface area contributed by atoms with Crippen LogP contribution in [0.1, 0.15) is 39.4 Å². The van der Waals surface area contributed by atoms with Gasteiger partial charge in [0.1, 0.15) is 10.6 Å². The number of benzene rings is 2. The SMILES string of the molecule is CCOC(=O)c1c(N[C@](NC(=O)c2ccccc2)(C(=O)OC)C(F)(F)F)sc(CC)c1-c1ccccc1. The number of alkyl halides is 3. The number of thiophene rings is 1. The van der Waals surface area contributed by atoms with Crippen molar-refractivity contribution in [3.05, 3.63) is 76.7 Å². The molecular formula is C26H25F3N2O5S. The Bertz CT molecular complexity index is 1260. The van der Waals surface area contributed by atoms with E-state index in [9.17, 15) is 27.6 Å². The van der Waals surface area contributed by atoms with Crippen molar-refractivity contribution in [1.82, 2.24) is 5.32 Å². The van der Waals surface area contributed by atoms with E-state index in [0.29, 0.717) is 22.4 Å². The standard InChI is InChI=1S/C26H25F3N2O5S/c1-4-18-19(16-12-8-6-9-13-16)20(23(33)36-5-2)22(37-18)31-25(24(34)35-3,26(27,28)29)30-21(32)17-14-10-7-11-15-17/h6-15,31H,4-5H2,1-3H3,(H,30,32)/t25-/m1/s1. The Hall–Kier alpha value is -3.86. The van der Waals surface area contributed by atoms with Gasteiger partial charge in [0.15, 0.2) is 0 Å². The lowest BCUT2D eigenvalue weighted by molar-refractivity contribution is -0.203. The summed E-state index contributed by atoms with van der Waals surface area (Å²) in [5.74, 6) is -3.87. The Morgan fingerprint density at radius 3 is 2.05 bits per heavy atom. The van der Waals surface area contributed by atoms with Crippen LogP contribution in [0.4, 0.5) is 18.2 Å². The largest absolute Gasteiger partial charge is 0.466 e. The number of amides is 1. The van der Waals surface area contributed by atoms with E-state index in [2.05, 4.69) is 10.1 Å². The third-order valence-electron chi connectivity index (χ3n) is 5.40. The minimum absolute atomic E-state index is 0.0318. The van der Waals surface area contributed by atoms with Gasteiger partial charge in [-0.05, 0) is 31.0 Å². The van der Waals surface area contributed by atoms with Crippen LogP contribution in [0.5, 0.6) is 0 Å². The summed E-state index contributed by atoms with van der Waals surface area (Å²) in [6, 6.07) is 15.7. The molecule has 1 heterocycles. The summed E-state index contributed by atoms with van der Waals surface area (Å²) in [4.78, 5) is 39.2.